The van der Waals surface area contributed by atoms with Crippen molar-refractivity contribution in [2.24, 2.45) is 0 Å². The largest absolute Gasteiger partial charge is 0.481 e. The highest BCUT2D eigenvalue weighted by Crippen LogP contribution is 2.54. The highest BCUT2D eigenvalue weighted by molar-refractivity contribution is 5.85. The zero-order chi connectivity index (χ0) is 25.4. The monoisotopic (exact) mass is 501 g/mol. The number of aliphatic carboxylic acids is 1. The predicted molar refractivity (Wildman–Crippen MR) is 113 cm³/mol. The van der Waals surface area contributed by atoms with Crippen molar-refractivity contribution in [3.8, 4) is 0 Å². The van der Waals surface area contributed by atoms with Crippen LogP contribution in [-0.2, 0) is 22.3 Å². The molecule has 1 heterocycles. The number of hydrogen-bond acceptors (Lipinski definition) is 2. The summed E-state index contributed by atoms with van der Waals surface area (Å²) in [4.78, 5) is 13.7. The second-order valence-corrected chi connectivity index (χ2v) is 9.70. The van der Waals surface area contributed by atoms with Crippen molar-refractivity contribution >= 4 is 11.7 Å². The Bertz CT molecular complexity index is 1140. The molecule has 0 radical (unpaired) electrons. The van der Waals surface area contributed by atoms with Gasteiger partial charge in [-0.05, 0) is 60.9 Å². The summed E-state index contributed by atoms with van der Waals surface area (Å²) in [6, 6.07) is 9.89. The number of fused-ring (bicyclic) bond motifs is 3. The van der Waals surface area contributed by atoms with Gasteiger partial charge in [-0.25, -0.2) is 4.39 Å². The maximum Gasteiger partial charge on any atom is 0.435 e. The van der Waals surface area contributed by atoms with Crippen molar-refractivity contribution in [3.05, 3.63) is 64.7 Å². The van der Waals surface area contributed by atoms with Gasteiger partial charge in [-0.1, -0.05) is 30.3 Å². The van der Waals surface area contributed by atoms with E-state index in [-0.39, 0.29) is 18.4 Å². The van der Waals surface area contributed by atoms with Gasteiger partial charge in [-0.15, -0.1) is 0 Å². The molecule has 2 atom stereocenters. The van der Waals surface area contributed by atoms with Crippen LogP contribution in [0.3, 0.4) is 0 Å². The number of hydrogen-bond donors (Lipinski definition) is 1. The number of carbonyl (C=O) groups is 1. The smallest absolute Gasteiger partial charge is 0.435 e. The molecule has 0 bridgehead atoms. The van der Waals surface area contributed by atoms with Gasteiger partial charge in [0, 0.05) is 29.8 Å². The van der Waals surface area contributed by atoms with Crippen molar-refractivity contribution in [2.45, 2.75) is 67.5 Å². The van der Waals surface area contributed by atoms with Gasteiger partial charge in [0.15, 0.2) is 0 Å². The zero-order valence-corrected chi connectivity index (χ0v) is 18.4. The first-order chi connectivity index (χ1) is 16.3. The van der Waals surface area contributed by atoms with E-state index >= 15 is 0 Å². The van der Waals surface area contributed by atoms with Crippen LogP contribution < -0.4 is 4.90 Å². The third-order valence-electron chi connectivity index (χ3n) is 7.89. The van der Waals surface area contributed by atoms with Gasteiger partial charge in [-0.3, -0.25) is 4.79 Å². The van der Waals surface area contributed by atoms with E-state index in [4.69, 9.17) is 0 Å². The molecule has 3 nitrogen and oxygen atoms in total. The van der Waals surface area contributed by atoms with Crippen LogP contribution in [0.4, 0.5) is 36.4 Å². The van der Waals surface area contributed by atoms with Crippen molar-refractivity contribution in [3.63, 3.8) is 0 Å². The standard InChI is InChI=1S/C25H22F7NO2/c26-23(24(27,28)29,25(30,31)32)16-4-7-18-14(13-16)1-8-20-19(18)9-12-33(20)17-5-2-15(3-6-17)22(10-11-22)21(34)35/h2-7,13,19-20H,1,8-12H2,(H,34,35)/t19-,20?/m0/s1. The Balaban J connectivity index is 1.41. The molecule has 0 spiro atoms. The Morgan fingerprint density at radius 1 is 0.914 bits per heavy atom. The summed E-state index contributed by atoms with van der Waals surface area (Å²) in [5, 5.41) is 9.49. The summed E-state index contributed by atoms with van der Waals surface area (Å²) in [5.41, 5.74) is -5.08. The van der Waals surface area contributed by atoms with Crippen LogP contribution in [0.2, 0.25) is 0 Å². The molecule has 2 aromatic rings. The fourth-order valence-electron chi connectivity index (χ4n) is 5.81. The average molecular weight is 501 g/mol. The normalized spacial score (nSPS) is 23.6. The number of halogens is 7. The van der Waals surface area contributed by atoms with Crippen molar-refractivity contribution in [2.75, 3.05) is 11.4 Å². The molecule has 0 amide bonds. The molecule has 188 valence electrons. The SMILES string of the molecule is O=C(O)C1(c2ccc(N3CC[C@H]4c5ccc(C(F)(C(F)(F)F)C(F)(F)F)cc5CCC43)cc2)CC1. The first-order valence-electron chi connectivity index (χ1n) is 11.4. The zero-order valence-electron chi connectivity index (χ0n) is 18.4. The van der Waals surface area contributed by atoms with Crippen molar-refractivity contribution in [1.82, 2.24) is 0 Å². The molecular weight excluding hydrogens is 479 g/mol. The van der Waals surface area contributed by atoms with Crippen LogP contribution in [0.1, 0.15) is 53.9 Å². The second kappa shape index (κ2) is 7.61. The molecule has 0 aromatic heterocycles. The minimum absolute atomic E-state index is 0.00563. The maximum absolute atomic E-state index is 14.5. The number of carboxylic acids is 1. The molecular formula is C25H22F7NO2. The lowest BCUT2D eigenvalue weighted by Gasteiger charge is -2.36. The number of benzene rings is 2. The molecule has 1 aliphatic heterocycles. The quantitative estimate of drug-likeness (QED) is 0.493. The van der Waals surface area contributed by atoms with E-state index in [1.54, 1.807) is 0 Å². The van der Waals surface area contributed by atoms with Gasteiger partial charge in [0.2, 0.25) is 0 Å². The van der Waals surface area contributed by atoms with Gasteiger partial charge < -0.3 is 10.0 Å². The van der Waals surface area contributed by atoms with Crippen LogP contribution in [0.5, 0.6) is 0 Å². The van der Waals surface area contributed by atoms with Crippen LogP contribution in [0.15, 0.2) is 42.5 Å². The number of alkyl halides is 7. The minimum atomic E-state index is -6.13. The van der Waals surface area contributed by atoms with E-state index in [2.05, 4.69) is 4.90 Å². The maximum atomic E-state index is 14.5. The third kappa shape index (κ3) is 3.50. The van der Waals surface area contributed by atoms with Gasteiger partial charge >= 0.3 is 24.0 Å². The molecule has 1 saturated heterocycles. The summed E-state index contributed by atoms with van der Waals surface area (Å²) >= 11 is 0. The highest BCUT2D eigenvalue weighted by atomic mass is 19.4. The Kier molecular flexibility index (Phi) is 5.20. The second-order valence-electron chi connectivity index (χ2n) is 9.70. The van der Waals surface area contributed by atoms with Crippen molar-refractivity contribution < 1.29 is 40.6 Å². The predicted octanol–water partition coefficient (Wildman–Crippen LogP) is 6.40. The fraction of sp³-hybridized carbons (Fsp3) is 0.480. The van der Waals surface area contributed by atoms with E-state index < -0.39 is 35.0 Å². The van der Waals surface area contributed by atoms with Crippen LogP contribution >= 0.6 is 0 Å². The van der Waals surface area contributed by atoms with Crippen LogP contribution in [0.25, 0.3) is 0 Å². The number of aryl methyl sites for hydroxylation is 1. The summed E-state index contributed by atoms with van der Waals surface area (Å²) in [6.45, 7) is 0.637. The van der Waals surface area contributed by atoms with Gasteiger partial charge in [0.25, 0.3) is 0 Å². The first-order valence-corrected chi connectivity index (χ1v) is 11.4. The van der Waals surface area contributed by atoms with E-state index in [0.717, 1.165) is 17.3 Å². The molecule has 2 aliphatic carbocycles. The summed E-state index contributed by atoms with van der Waals surface area (Å²) in [5.74, 6) is -0.949. The lowest BCUT2D eigenvalue weighted by molar-refractivity contribution is -0.348. The number of anilines is 1. The Hall–Kier alpha value is -2.78. The van der Waals surface area contributed by atoms with Crippen LogP contribution in [0, 0.1) is 0 Å². The fourth-order valence-corrected chi connectivity index (χ4v) is 5.81. The van der Waals surface area contributed by atoms with Crippen LogP contribution in [-0.4, -0.2) is 36.0 Å². The lowest BCUT2D eigenvalue weighted by atomic mass is 9.77. The lowest BCUT2D eigenvalue weighted by Crippen LogP contribution is -2.50. The van der Waals surface area contributed by atoms with Gasteiger partial charge in [0.1, 0.15) is 0 Å². The Morgan fingerprint density at radius 3 is 2.09 bits per heavy atom. The summed E-state index contributed by atoms with van der Waals surface area (Å²) < 4.78 is 93.7. The van der Waals surface area contributed by atoms with E-state index in [0.29, 0.717) is 49.4 Å². The van der Waals surface area contributed by atoms with E-state index in [9.17, 15) is 40.6 Å². The number of nitrogens with zero attached hydrogens (tertiary/aromatic N) is 1. The summed E-state index contributed by atoms with van der Waals surface area (Å²) in [6.07, 6.45) is -9.70. The van der Waals surface area contributed by atoms with E-state index in [1.165, 1.54) is 6.07 Å². The first kappa shape index (κ1) is 23.9. The summed E-state index contributed by atoms with van der Waals surface area (Å²) in [7, 11) is 0. The molecule has 3 aliphatic rings. The van der Waals surface area contributed by atoms with Gasteiger partial charge in [0.05, 0.1) is 5.41 Å². The molecule has 1 N–H and O–H groups in total. The molecule has 1 saturated carbocycles. The Morgan fingerprint density at radius 2 is 1.54 bits per heavy atom. The number of carboxylic acid groups (broad SMARTS) is 1. The minimum Gasteiger partial charge on any atom is -0.481 e. The van der Waals surface area contributed by atoms with Crippen molar-refractivity contribution in [1.29, 1.82) is 0 Å². The third-order valence-corrected chi connectivity index (χ3v) is 7.89. The molecule has 10 heteroatoms. The van der Waals surface area contributed by atoms with E-state index in [1.807, 2.05) is 24.3 Å². The molecule has 35 heavy (non-hydrogen) atoms. The molecule has 2 aromatic carbocycles. The molecule has 1 unspecified atom stereocenters. The molecule has 5 rings (SSSR count). The van der Waals surface area contributed by atoms with Gasteiger partial charge in [-0.2, -0.15) is 26.3 Å². The topological polar surface area (TPSA) is 40.5 Å². The average Bonchev–Trinajstić information content (AvgIpc) is 3.50. The molecule has 2 fully saturated rings. The Labute approximate surface area is 196 Å². The number of rotatable bonds is 4. The highest BCUT2D eigenvalue weighted by Gasteiger charge is 2.73.